The van der Waals surface area contributed by atoms with Crippen LogP contribution in [0.3, 0.4) is 0 Å². The van der Waals surface area contributed by atoms with E-state index >= 15 is 0 Å². The second-order valence-corrected chi connectivity index (χ2v) is 3.83. The van der Waals surface area contributed by atoms with Crippen molar-refractivity contribution in [1.82, 2.24) is 5.32 Å². The molecule has 0 atom stereocenters. The molecule has 0 bridgehead atoms. The first-order valence-electron chi connectivity index (χ1n) is 4.70. The van der Waals surface area contributed by atoms with Crippen LogP contribution < -0.4 is 5.32 Å². The predicted octanol–water partition coefficient (Wildman–Crippen LogP) is 2.56. The molecule has 0 aliphatic carbocycles. The standard InChI is InChI=1S/C11H17NS/c1-3-12-9-8-10-4-6-11(13-2)7-5-10/h4-7,12H,3,8-9H2,1-2H3. The van der Waals surface area contributed by atoms with Crippen molar-refractivity contribution < 1.29 is 0 Å². The highest BCUT2D eigenvalue weighted by molar-refractivity contribution is 7.98. The molecule has 0 unspecified atom stereocenters. The fourth-order valence-corrected chi connectivity index (χ4v) is 1.61. The summed E-state index contributed by atoms with van der Waals surface area (Å²) in [5, 5.41) is 3.32. The number of hydrogen-bond acceptors (Lipinski definition) is 2. The molecule has 0 saturated heterocycles. The van der Waals surface area contributed by atoms with Crippen molar-refractivity contribution in [2.24, 2.45) is 0 Å². The monoisotopic (exact) mass is 195 g/mol. The minimum absolute atomic E-state index is 1.06. The number of nitrogens with one attached hydrogen (secondary N) is 1. The highest BCUT2D eigenvalue weighted by Crippen LogP contribution is 2.14. The molecule has 72 valence electrons. The van der Waals surface area contributed by atoms with E-state index in [9.17, 15) is 0 Å². The van der Waals surface area contributed by atoms with Crippen LogP contribution in [0.5, 0.6) is 0 Å². The maximum Gasteiger partial charge on any atom is 0.00693 e. The Morgan fingerprint density at radius 2 is 1.92 bits per heavy atom. The highest BCUT2D eigenvalue weighted by atomic mass is 32.2. The Bertz CT molecular complexity index is 230. The zero-order chi connectivity index (χ0) is 9.52. The van der Waals surface area contributed by atoms with Crippen molar-refractivity contribution >= 4 is 11.8 Å². The number of rotatable bonds is 5. The van der Waals surface area contributed by atoms with E-state index < -0.39 is 0 Å². The van der Waals surface area contributed by atoms with Gasteiger partial charge in [0.2, 0.25) is 0 Å². The minimum Gasteiger partial charge on any atom is -0.317 e. The van der Waals surface area contributed by atoms with Gasteiger partial charge in [0.1, 0.15) is 0 Å². The van der Waals surface area contributed by atoms with Gasteiger partial charge < -0.3 is 5.32 Å². The Morgan fingerprint density at radius 1 is 1.23 bits per heavy atom. The topological polar surface area (TPSA) is 12.0 Å². The molecule has 1 aromatic rings. The van der Waals surface area contributed by atoms with Crippen LogP contribution >= 0.6 is 11.8 Å². The molecular weight excluding hydrogens is 178 g/mol. The van der Waals surface area contributed by atoms with Crippen molar-refractivity contribution in [1.29, 1.82) is 0 Å². The quantitative estimate of drug-likeness (QED) is 0.572. The zero-order valence-electron chi connectivity index (χ0n) is 8.34. The van der Waals surface area contributed by atoms with Crippen LogP contribution in [-0.4, -0.2) is 19.3 Å². The molecule has 0 aliphatic heterocycles. The van der Waals surface area contributed by atoms with E-state index in [0.29, 0.717) is 0 Å². The van der Waals surface area contributed by atoms with Crippen molar-refractivity contribution in [3.8, 4) is 0 Å². The lowest BCUT2D eigenvalue weighted by atomic mass is 10.1. The van der Waals surface area contributed by atoms with Crippen LogP contribution in [0, 0.1) is 0 Å². The maximum absolute atomic E-state index is 3.32. The van der Waals surface area contributed by atoms with E-state index in [1.807, 2.05) is 0 Å². The zero-order valence-corrected chi connectivity index (χ0v) is 9.16. The Labute approximate surface area is 84.9 Å². The highest BCUT2D eigenvalue weighted by Gasteiger charge is 1.92. The second-order valence-electron chi connectivity index (χ2n) is 2.95. The fourth-order valence-electron chi connectivity index (χ4n) is 1.20. The third-order valence-corrected chi connectivity index (χ3v) is 2.74. The molecule has 0 radical (unpaired) electrons. The van der Waals surface area contributed by atoms with Crippen molar-refractivity contribution in [3.63, 3.8) is 0 Å². The number of thioether (sulfide) groups is 1. The van der Waals surface area contributed by atoms with Gasteiger partial charge in [-0.15, -0.1) is 11.8 Å². The van der Waals surface area contributed by atoms with Gasteiger partial charge in [0.05, 0.1) is 0 Å². The van der Waals surface area contributed by atoms with Gasteiger partial charge in [-0.05, 0) is 43.5 Å². The average Bonchev–Trinajstić information content (AvgIpc) is 2.19. The van der Waals surface area contributed by atoms with E-state index in [-0.39, 0.29) is 0 Å². The van der Waals surface area contributed by atoms with Crippen LogP contribution in [0.1, 0.15) is 12.5 Å². The van der Waals surface area contributed by atoms with E-state index in [1.54, 1.807) is 11.8 Å². The summed E-state index contributed by atoms with van der Waals surface area (Å²) in [6.45, 7) is 4.27. The summed E-state index contributed by atoms with van der Waals surface area (Å²) in [4.78, 5) is 1.34. The summed E-state index contributed by atoms with van der Waals surface area (Å²) in [5.74, 6) is 0. The third-order valence-electron chi connectivity index (χ3n) is 2.00. The first-order chi connectivity index (χ1) is 6.36. The smallest absolute Gasteiger partial charge is 0.00693 e. The first-order valence-corrected chi connectivity index (χ1v) is 5.93. The molecule has 0 fully saturated rings. The molecule has 0 aromatic heterocycles. The first kappa shape index (κ1) is 10.6. The average molecular weight is 195 g/mol. The van der Waals surface area contributed by atoms with Gasteiger partial charge in [0.25, 0.3) is 0 Å². The summed E-state index contributed by atoms with van der Waals surface area (Å²) in [6.07, 6.45) is 3.23. The molecule has 1 nitrogen and oxygen atoms in total. The van der Waals surface area contributed by atoms with Crippen LogP contribution in [0.15, 0.2) is 29.2 Å². The van der Waals surface area contributed by atoms with E-state index in [2.05, 4.69) is 42.8 Å². The van der Waals surface area contributed by atoms with E-state index in [0.717, 1.165) is 19.5 Å². The number of benzene rings is 1. The van der Waals surface area contributed by atoms with E-state index in [4.69, 9.17) is 0 Å². The molecule has 0 spiro atoms. The molecule has 0 heterocycles. The summed E-state index contributed by atoms with van der Waals surface area (Å²) >= 11 is 1.79. The number of likely N-dealkylation sites (N-methyl/N-ethyl adjacent to an activating group) is 1. The molecule has 1 N–H and O–H groups in total. The molecule has 0 saturated carbocycles. The van der Waals surface area contributed by atoms with Crippen LogP contribution in [-0.2, 0) is 6.42 Å². The number of hydrogen-bond donors (Lipinski definition) is 1. The van der Waals surface area contributed by atoms with E-state index in [1.165, 1.54) is 10.5 Å². The summed E-state index contributed by atoms with van der Waals surface area (Å²) in [5.41, 5.74) is 1.42. The lowest BCUT2D eigenvalue weighted by Crippen LogP contribution is -2.15. The third kappa shape index (κ3) is 3.83. The van der Waals surface area contributed by atoms with Crippen LogP contribution in [0.25, 0.3) is 0 Å². The molecular formula is C11H17NS. The summed E-state index contributed by atoms with van der Waals surface area (Å²) < 4.78 is 0. The molecule has 0 aliphatic rings. The molecule has 0 amide bonds. The molecule has 1 rings (SSSR count). The van der Waals surface area contributed by atoms with Crippen LogP contribution in [0.2, 0.25) is 0 Å². The van der Waals surface area contributed by atoms with Gasteiger partial charge in [-0.1, -0.05) is 19.1 Å². The normalized spacial score (nSPS) is 10.3. The molecule has 13 heavy (non-hydrogen) atoms. The lowest BCUT2D eigenvalue weighted by molar-refractivity contribution is 0.716. The Kier molecular flexibility index (Phi) is 4.94. The minimum atomic E-state index is 1.06. The summed E-state index contributed by atoms with van der Waals surface area (Å²) in [7, 11) is 0. The second kappa shape index (κ2) is 6.06. The van der Waals surface area contributed by atoms with Gasteiger partial charge in [0, 0.05) is 4.90 Å². The van der Waals surface area contributed by atoms with Gasteiger partial charge in [-0.3, -0.25) is 0 Å². The van der Waals surface area contributed by atoms with Gasteiger partial charge in [-0.25, -0.2) is 0 Å². The predicted molar refractivity (Wildman–Crippen MR) is 60.5 cm³/mol. The molecule has 2 heteroatoms. The Hall–Kier alpha value is -0.470. The van der Waals surface area contributed by atoms with Gasteiger partial charge >= 0.3 is 0 Å². The summed E-state index contributed by atoms with van der Waals surface area (Å²) in [6, 6.07) is 8.80. The largest absolute Gasteiger partial charge is 0.317 e. The SMILES string of the molecule is CCNCCc1ccc(SC)cc1. The fraction of sp³-hybridized carbons (Fsp3) is 0.455. The molecule has 1 aromatic carbocycles. The van der Waals surface area contributed by atoms with Crippen LogP contribution in [0.4, 0.5) is 0 Å². The van der Waals surface area contributed by atoms with Crippen molar-refractivity contribution in [3.05, 3.63) is 29.8 Å². The van der Waals surface area contributed by atoms with Crippen molar-refractivity contribution in [2.45, 2.75) is 18.2 Å². The Morgan fingerprint density at radius 3 is 2.46 bits per heavy atom. The van der Waals surface area contributed by atoms with Crippen molar-refractivity contribution in [2.75, 3.05) is 19.3 Å². The maximum atomic E-state index is 3.32. The van der Waals surface area contributed by atoms with Gasteiger partial charge in [-0.2, -0.15) is 0 Å². The lowest BCUT2D eigenvalue weighted by Gasteiger charge is -2.02. The Balaban J connectivity index is 2.40. The van der Waals surface area contributed by atoms with Gasteiger partial charge in [0.15, 0.2) is 0 Å².